The van der Waals surface area contributed by atoms with Gasteiger partial charge in [-0.15, -0.1) is 12.4 Å². The van der Waals surface area contributed by atoms with E-state index in [1.807, 2.05) is 19.1 Å². The summed E-state index contributed by atoms with van der Waals surface area (Å²) in [6.07, 6.45) is 0. The first kappa shape index (κ1) is 29.2. The number of carbonyl (C=O) groups excluding carboxylic acids is 1. The number of thiazole rings is 1. The molecule has 3 aromatic rings. The van der Waals surface area contributed by atoms with Crippen molar-refractivity contribution < 1.29 is 22.7 Å². The standard InChI is InChI=1S/C25H29ClN4O5S2.ClH/c1-18-16-20(26)17-22-23(18)27-25(36-22)30(7-6-28-8-12-34-13-9-28)24(31)19-2-4-21(5-3-19)37(32,33)29-10-14-35-15-11-29;/h2-5,16-17H,6-15H2,1H3;1H. The summed E-state index contributed by atoms with van der Waals surface area (Å²) in [6.45, 7) is 7.42. The highest BCUT2D eigenvalue weighted by Crippen LogP contribution is 2.33. The van der Waals surface area contributed by atoms with Crippen LogP contribution in [0.2, 0.25) is 5.02 Å². The molecule has 0 radical (unpaired) electrons. The molecule has 0 atom stereocenters. The molecule has 2 aliphatic heterocycles. The second-order valence-electron chi connectivity index (χ2n) is 9.02. The fourth-order valence-electron chi connectivity index (χ4n) is 4.47. The maximum Gasteiger partial charge on any atom is 0.260 e. The van der Waals surface area contributed by atoms with Crippen LogP contribution in [0.3, 0.4) is 0 Å². The molecule has 0 spiro atoms. The molecule has 38 heavy (non-hydrogen) atoms. The van der Waals surface area contributed by atoms with Crippen molar-refractivity contribution in [2.75, 3.05) is 70.6 Å². The van der Waals surface area contributed by atoms with Crippen molar-refractivity contribution in [2.24, 2.45) is 0 Å². The normalized spacial score (nSPS) is 17.3. The van der Waals surface area contributed by atoms with E-state index in [9.17, 15) is 13.2 Å². The van der Waals surface area contributed by atoms with Gasteiger partial charge in [-0.25, -0.2) is 13.4 Å². The molecule has 9 nitrogen and oxygen atoms in total. The Morgan fingerprint density at radius 3 is 2.34 bits per heavy atom. The third kappa shape index (κ3) is 6.31. The molecule has 13 heteroatoms. The summed E-state index contributed by atoms with van der Waals surface area (Å²) in [5, 5.41) is 1.21. The Kier molecular flexibility index (Phi) is 9.64. The van der Waals surface area contributed by atoms with E-state index in [1.165, 1.54) is 27.8 Å². The van der Waals surface area contributed by atoms with Crippen LogP contribution in [-0.4, -0.2) is 94.2 Å². The zero-order chi connectivity index (χ0) is 26.0. The van der Waals surface area contributed by atoms with Crippen LogP contribution in [0.5, 0.6) is 0 Å². The fraction of sp³-hybridized carbons (Fsp3) is 0.440. The number of fused-ring (bicyclic) bond motifs is 1. The zero-order valence-corrected chi connectivity index (χ0v) is 24.2. The summed E-state index contributed by atoms with van der Waals surface area (Å²) in [7, 11) is -3.64. The van der Waals surface area contributed by atoms with E-state index < -0.39 is 10.0 Å². The molecule has 0 N–H and O–H groups in total. The number of morpholine rings is 2. The Morgan fingerprint density at radius 1 is 1.05 bits per heavy atom. The Hall–Kier alpha value is -1.83. The van der Waals surface area contributed by atoms with Gasteiger partial charge in [0.25, 0.3) is 5.91 Å². The topological polar surface area (TPSA) is 92.3 Å². The number of hydrogen-bond donors (Lipinski definition) is 0. The average molecular weight is 602 g/mol. The molecule has 3 heterocycles. The number of anilines is 1. The van der Waals surface area contributed by atoms with Gasteiger partial charge in [-0.3, -0.25) is 14.6 Å². The van der Waals surface area contributed by atoms with Crippen LogP contribution < -0.4 is 4.90 Å². The molecule has 206 valence electrons. The maximum absolute atomic E-state index is 13.8. The summed E-state index contributed by atoms with van der Waals surface area (Å²) in [5.74, 6) is -0.230. The summed E-state index contributed by atoms with van der Waals surface area (Å²) in [6, 6.07) is 9.88. The number of nitrogens with zero attached hydrogens (tertiary/aromatic N) is 4. The summed E-state index contributed by atoms with van der Waals surface area (Å²) in [4.78, 5) is 22.6. The molecule has 2 aliphatic rings. The predicted octanol–water partition coefficient (Wildman–Crippen LogP) is 3.68. The predicted molar refractivity (Wildman–Crippen MR) is 152 cm³/mol. The number of aryl methyl sites for hydroxylation is 1. The van der Waals surface area contributed by atoms with Crippen molar-refractivity contribution in [3.63, 3.8) is 0 Å². The van der Waals surface area contributed by atoms with Gasteiger partial charge < -0.3 is 9.47 Å². The number of sulfonamides is 1. The molecule has 1 aromatic heterocycles. The highest BCUT2D eigenvalue weighted by Gasteiger charge is 2.28. The molecule has 0 saturated carbocycles. The Labute approximate surface area is 237 Å². The van der Waals surface area contributed by atoms with E-state index in [2.05, 4.69) is 4.90 Å². The van der Waals surface area contributed by atoms with Crippen molar-refractivity contribution in [2.45, 2.75) is 11.8 Å². The highest BCUT2D eigenvalue weighted by molar-refractivity contribution is 7.89. The van der Waals surface area contributed by atoms with Gasteiger partial charge in [-0.2, -0.15) is 4.31 Å². The first-order valence-corrected chi connectivity index (χ1v) is 14.8. The molecular formula is C25H30Cl2N4O5S2. The van der Waals surface area contributed by atoms with Crippen molar-refractivity contribution in [3.8, 4) is 0 Å². The second-order valence-corrected chi connectivity index (χ2v) is 12.4. The van der Waals surface area contributed by atoms with Crippen molar-refractivity contribution in [1.82, 2.24) is 14.2 Å². The smallest absolute Gasteiger partial charge is 0.260 e. The van der Waals surface area contributed by atoms with E-state index in [-0.39, 0.29) is 23.2 Å². The number of aromatic nitrogens is 1. The van der Waals surface area contributed by atoms with Gasteiger partial charge in [0.15, 0.2) is 5.13 Å². The molecule has 2 saturated heterocycles. The molecule has 5 rings (SSSR count). The Morgan fingerprint density at radius 2 is 1.68 bits per heavy atom. The largest absolute Gasteiger partial charge is 0.379 e. The molecular weight excluding hydrogens is 571 g/mol. The van der Waals surface area contributed by atoms with Crippen LogP contribution in [0, 0.1) is 6.92 Å². The summed E-state index contributed by atoms with van der Waals surface area (Å²) in [5.41, 5.74) is 2.17. The number of rotatable bonds is 7. The Bertz CT molecular complexity index is 1370. The van der Waals surface area contributed by atoms with Gasteiger partial charge in [0, 0.05) is 49.9 Å². The second kappa shape index (κ2) is 12.6. The van der Waals surface area contributed by atoms with E-state index in [0.29, 0.717) is 68.3 Å². The number of carbonyl (C=O) groups is 1. The van der Waals surface area contributed by atoms with Crippen LogP contribution in [0.25, 0.3) is 10.2 Å². The lowest BCUT2D eigenvalue weighted by Gasteiger charge is -2.29. The van der Waals surface area contributed by atoms with Crippen molar-refractivity contribution in [1.29, 1.82) is 0 Å². The lowest BCUT2D eigenvalue weighted by molar-refractivity contribution is 0.0391. The molecule has 0 unspecified atom stereocenters. The van der Waals surface area contributed by atoms with Gasteiger partial charge in [-0.1, -0.05) is 22.9 Å². The number of hydrogen-bond acceptors (Lipinski definition) is 8. The van der Waals surface area contributed by atoms with Crippen LogP contribution in [0.1, 0.15) is 15.9 Å². The molecule has 2 fully saturated rings. The number of amides is 1. The molecule has 0 aliphatic carbocycles. The number of benzene rings is 2. The minimum Gasteiger partial charge on any atom is -0.379 e. The minimum absolute atomic E-state index is 0. The summed E-state index contributed by atoms with van der Waals surface area (Å²) < 4.78 is 39.1. The summed E-state index contributed by atoms with van der Waals surface area (Å²) >= 11 is 7.68. The van der Waals surface area contributed by atoms with Gasteiger partial charge in [0.1, 0.15) is 0 Å². The monoisotopic (exact) mass is 600 g/mol. The first-order chi connectivity index (χ1) is 17.8. The third-order valence-electron chi connectivity index (χ3n) is 6.57. The first-order valence-electron chi connectivity index (χ1n) is 12.2. The SMILES string of the molecule is Cc1cc(Cl)cc2sc(N(CCN3CCOCC3)C(=O)c3ccc(S(=O)(=O)N4CCOCC4)cc3)nc12.Cl. The van der Waals surface area contributed by atoms with Gasteiger partial charge >= 0.3 is 0 Å². The van der Waals surface area contributed by atoms with Crippen LogP contribution in [-0.2, 0) is 19.5 Å². The molecule has 0 bridgehead atoms. The fourth-order valence-corrected chi connectivity index (χ4v) is 7.32. The Balaban J connectivity index is 0.00000336. The van der Waals surface area contributed by atoms with Crippen molar-refractivity contribution >= 4 is 66.6 Å². The van der Waals surface area contributed by atoms with Crippen LogP contribution >= 0.6 is 35.3 Å². The van der Waals surface area contributed by atoms with Gasteiger partial charge in [-0.05, 0) is 48.9 Å². The quantitative estimate of drug-likeness (QED) is 0.408. The number of ether oxygens (including phenoxy) is 2. The van der Waals surface area contributed by atoms with Crippen LogP contribution in [0.4, 0.5) is 5.13 Å². The zero-order valence-electron chi connectivity index (χ0n) is 21.0. The average Bonchev–Trinajstić information content (AvgIpc) is 3.34. The molecule has 2 aromatic carbocycles. The van der Waals surface area contributed by atoms with E-state index in [4.69, 9.17) is 26.1 Å². The molecule has 1 amide bonds. The minimum atomic E-state index is -3.64. The highest BCUT2D eigenvalue weighted by atomic mass is 35.5. The third-order valence-corrected chi connectivity index (χ3v) is 9.72. The van der Waals surface area contributed by atoms with Crippen LogP contribution in [0.15, 0.2) is 41.3 Å². The van der Waals surface area contributed by atoms with Gasteiger partial charge in [0.05, 0.1) is 41.5 Å². The van der Waals surface area contributed by atoms with E-state index >= 15 is 0 Å². The van der Waals surface area contributed by atoms with Gasteiger partial charge in [0.2, 0.25) is 10.0 Å². The number of halogens is 2. The lowest BCUT2D eigenvalue weighted by atomic mass is 10.2. The van der Waals surface area contributed by atoms with Crippen molar-refractivity contribution in [3.05, 3.63) is 52.5 Å². The maximum atomic E-state index is 13.8. The van der Waals surface area contributed by atoms with E-state index in [1.54, 1.807) is 17.0 Å². The van der Waals surface area contributed by atoms with E-state index in [0.717, 1.165) is 28.9 Å². The lowest BCUT2D eigenvalue weighted by Crippen LogP contribution is -2.43.